The maximum Gasteiger partial charge on any atom is 0.342 e. The van der Waals surface area contributed by atoms with Crippen molar-refractivity contribution in [3.05, 3.63) is 0 Å². The molecule has 0 bridgehead atoms. The summed E-state index contributed by atoms with van der Waals surface area (Å²) in [7, 11) is -2.67. The Kier molecular flexibility index (Phi) is 4.45. The van der Waals surface area contributed by atoms with Gasteiger partial charge in [0.25, 0.3) is 0 Å². The average molecular weight is 196 g/mol. The van der Waals surface area contributed by atoms with E-state index in [-0.39, 0.29) is 6.61 Å². The fourth-order valence-corrected chi connectivity index (χ4v) is 1.57. The molecule has 5 nitrogen and oxygen atoms in total. The molecule has 0 radical (unpaired) electrons. The van der Waals surface area contributed by atoms with Crippen LogP contribution in [0.2, 0.25) is 0 Å². The number of carbonyl (C=O) groups is 1. The highest BCUT2D eigenvalue weighted by molar-refractivity contribution is 7.54. The van der Waals surface area contributed by atoms with Crippen molar-refractivity contribution in [2.24, 2.45) is 0 Å². The summed E-state index contributed by atoms with van der Waals surface area (Å²) in [5, 5.41) is 0. The number of hydrogen-bond acceptors (Lipinski definition) is 4. The third-order valence-electron chi connectivity index (χ3n) is 1.35. The first kappa shape index (κ1) is 11.6. The summed E-state index contributed by atoms with van der Waals surface area (Å²) in [6.07, 6.45) is 0. The number of methoxy groups -OCH3 is 1. The van der Waals surface area contributed by atoms with Gasteiger partial charge in [-0.05, 0) is 13.8 Å². The minimum absolute atomic E-state index is 0.0924. The van der Waals surface area contributed by atoms with Crippen LogP contribution < -0.4 is 0 Å². The lowest BCUT2D eigenvalue weighted by Gasteiger charge is -2.15. The van der Waals surface area contributed by atoms with Crippen molar-refractivity contribution in [1.29, 1.82) is 0 Å². The second-order valence-corrected chi connectivity index (χ2v) is 4.34. The van der Waals surface area contributed by atoms with Crippen LogP contribution in [0.3, 0.4) is 0 Å². The van der Waals surface area contributed by atoms with Gasteiger partial charge in [-0.2, -0.15) is 0 Å². The summed E-state index contributed by atoms with van der Waals surface area (Å²) in [6.45, 7) is 2.96. The van der Waals surface area contributed by atoms with Crippen molar-refractivity contribution >= 4 is 13.6 Å². The van der Waals surface area contributed by atoms with Gasteiger partial charge in [0.2, 0.25) is 0 Å². The molecule has 12 heavy (non-hydrogen) atoms. The predicted molar refractivity (Wildman–Crippen MR) is 42.9 cm³/mol. The second kappa shape index (κ2) is 4.60. The molecule has 1 N–H and O–H groups in total. The van der Waals surface area contributed by atoms with E-state index in [2.05, 4.69) is 9.26 Å². The predicted octanol–water partition coefficient (Wildman–Crippen LogP) is 0.770. The average Bonchev–Trinajstić information content (AvgIpc) is 2.01. The number of esters is 1. The van der Waals surface area contributed by atoms with Gasteiger partial charge in [0.05, 0.1) is 13.7 Å². The van der Waals surface area contributed by atoms with Gasteiger partial charge in [0, 0.05) is 0 Å². The molecule has 6 heteroatoms. The van der Waals surface area contributed by atoms with Crippen molar-refractivity contribution in [3.8, 4) is 0 Å². The first-order valence-electron chi connectivity index (χ1n) is 3.50. The fraction of sp³-hybridized carbons (Fsp3) is 0.833. The zero-order valence-corrected chi connectivity index (χ0v) is 8.21. The van der Waals surface area contributed by atoms with E-state index in [1.54, 1.807) is 6.92 Å². The van der Waals surface area contributed by atoms with Crippen LogP contribution in [-0.2, 0) is 18.6 Å². The number of hydrogen-bond donors (Lipinski definition) is 1. The Morgan fingerprint density at radius 3 is 2.50 bits per heavy atom. The molecule has 0 spiro atoms. The first-order valence-corrected chi connectivity index (χ1v) is 5.15. The van der Waals surface area contributed by atoms with E-state index in [1.807, 2.05) is 0 Å². The molecule has 0 fully saturated rings. The monoisotopic (exact) mass is 196 g/mol. The van der Waals surface area contributed by atoms with Crippen LogP contribution in [0.25, 0.3) is 0 Å². The van der Waals surface area contributed by atoms with E-state index in [4.69, 9.17) is 4.89 Å². The molecule has 72 valence electrons. The second-order valence-electron chi connectivity index (χ2n) is 2.18. The van der Waals surface area contributed by atoms with Gasteiger partial charge in [0.15, 0.2) is 5.66 Å². The highest BCUT2D eigenvalue weighted by Gasteiger charge is 2.34. The van der Waals surface area contributed by atoms with Crippen molar-refractivity contribution in [3.63, 3.8) is 0 Å². The fourth-order valence-electron chi connectivity index (χ4n) is 0.601. The van der Waals surface area contributed by atoms with E-state index in [9.17, 15) is 9.36 Å². The van der Waals surface area contributed by atoms with Gasteiger partial charge in [-0.25, -0.2) is 0 Å². The van der Waals surface area contributed by atoms with E-state index in [0.29, 0.717) is 0 Å². The normalized spacial score (nSPS) is 18.0. The molecular formula is C6H13O5P. The van der Waals surface area contributed by atoms with Crippen LogP contribution in [0.4, 0.5) is 0 Å². The van der Waals surface area contributed by atoms with Crippen molar-refractivity contribution in [1.82, 2.24) is 0 Å². The third-order valence-corrected chi connectivity index (χ3v) is 3.16. The van der Waals surface area contributed by atoms with E-state index >= 15 is 0 Å². The lowest BCUT2D eigenvalue weighted by Crippen LogP contribution is -2.19. The van der Waals surface area contributed by atoms with Crippen LogP contribution in [0, 0.1) is 0 Å². The Morgan fingerprint density at radius 2 is 2.17 bits per heavy atom. The Balaban J connectivity index is 4.34. The standard InChI is InChI=1S/C6H13O5P/c1-4-11-12(8,9)5(2)6(7)10-3/h5H,4H2,1-3H3,(H,8,9). The summed E-state index contributed by atoms with van der Waals surface area (Å²) in [4.78, 5) is 19.9. The molecule has 0 amide bonds. The van der Waals surface area contributed by atoms with Crippen LogP contribution in [-0.4, -0.2) is 30.2 Å². The third kappa shape index (κ3) is 2.93. The minimum atomic E-state index is -3.83. The van der Waals surface area contributed by atoms with Crippen LogP contribution in [0.5, 0.6) is 0 Å². The number of ether oxygens (including phenoxy) is 1. The van der Waals surface area contributed by atoms with E-state index < -0.39 is 19.2 Å². The van der Waals surface area contributed by atoms with Crippen molar-refractivity contribution < 1.29 is 23.5 Å². The molecule has 2 atom stereocenters. The van der Waals surface area contributed by atoms with Crippen molar-refractivity contribution in [2.75, 3.05) is 13.7 Å². The Morgan fingerprint density at radius 1 is 1.67 bits per heavy atom. The van der Waals surface area contributed by atoms with Crippen molar-refractivity contribution in [2.45, 2.75) is 19.5 Å². The van der Waals surface area contributed by atoms with Crippen LogP contribution >= 0.6 is 7.60 Å². The molecule has 0 aliphatic rings. The summed E-state index contributed by atoms with van der Waals surface area (Å²) in [5.74, 6) is -0.741. The molecule has 0 rings (SSSR count). The van der Waals surface area contributed by atoms with Gasteiger partial charge in [-0.15, -0.1) is 0 Å². The molecule has 0 aliphatic carbocycles. The molecule has 0 aromatic carbocycles. The molecule has 0 aromatic rings. The highest BCUT2D eigenvalue weighted by Crippen LogP contribution is 2.47. The summed E-state index contributed by atoms with van der Waals surface area (Å²) in [6, 6.07) is 0. The first-order chi connectivity index (χ1) is 5.45. The molecule has 0 heterocycles. The Bertz CT molecular complexity index is 202. The largest absolute Gasteiger partial charge is 0.468 e. The Hall–Kier alpha value is -0.380. The molecule has 0 saturated heterocycles. The van der Waals surface area contributed by atoms with Gasteiger partial charge >= 0.3 is 13.6 Å². The van der Waals surface area contributed by atoms with Crippen LogP contribution in [0.15, 0.2) is 0 Å². The maximum atomic E-state index is 11.1. The zero-order valence-electron chi connectivity index (χ0n) is 7.31. The number of rotatable bonds is 4. The molecule has 0 saturated carbocycles. The van der Waals surface area contributed by atoms with Gasteiger partial charge in [-0.3, -0.25) is 9.36 Å². The summed E-state index contributed by atoms with van der Waals surface area (Å²) >= 11 is 0. The maximum absolute atomic E-state index is 11.1. The quantitative estimate of drug-likeness (QED) is 0.531. The topological polar surface area (TPSA) is 72.8 Å². The summed E-state index contributed by atoms with van der Waals surface area (Å²) in [5.41, 5.74) is -1.12. The molecule has 0 aliphatic heterocycles. The Labute approximate surface area is 71.2 Å². The zero-order chi connectivity index (χ0) is 9.78. The SMILES string of the molecule is CCOP(=O)(O)C(C)C(=O)OC. The molecule has 0 aromatic heterocycles. The van der Waals surface area contributed by atoms with Gasteiger partial charge < -0.3 is 14.2 Å². The van der Waals surface area contributed by atoms with E-state index in [0.717, 1.165) is 7.11 Å². The minimum Gasteiger partial charge on any atom is -0.468 e. The van der Waals surface area contributed by atoms with E-state index in [1.165, 1.54) is 6.92 Å². The molecular weight excluding hydrogens is 183 g/mol. The lowest BCUT2D eigenvalue weighted by molar-refractivity contribution is -0.140. The van der Waals surface area contributed by atoms with Crippen LogP contribution in [0.1, 0.15) is 13.8 Å². The lowest BCUT2D eigenvalue weighted by atomic mass is 10.5. The highest BCUT2D eigenvalue weighted by atomic mass is 31.2. The number of carbonyl (C=O) groups excluding carboxylic acids is 1. The van der Waals surface area contributed by atoms with Gasteiger partial charge in [-0.1, -0.05) is 0 Å². The summed E-state index contributed by atoms with van der Waals surface area (Å²) < 4.78 is 20.0. The van der Waals surface area contributed by atoms with Gasteiger partial charge in [0.1, 0.15) is 0 Å². The molecule has 2 unspecified atom stereocenters. The smallest absolute Gasteiger partial charge is 0.342 e.